The number of carbonyl (C=O) groups excluding carboxylic acids is 1. The molecule has 0 aliphatic carbocycles. The van der Waals surface area contributed by atoms with E-state index in [1.165, 1.54) is 140 Å². The second-order valence-electron chi connectivity index (χ2n) is 9.63. The Morgan fingerprint density at radius 3 is 1.25 bits per heavy atom. The molecule has 0 atom stereocenters. The van der Waals surface area contributed by atoms with Gasteiger partial charge in [-0.05, 0) is 38.5 Å². The van der Waals surface area contributed by atoms with E-state index < -0.39 is 7.26 Å². The Balaban J connectivity index is 0. The average molecular weight is 536 g/mol. The molecule has 0 N–H and O–H groups in total. The maximum atomic E-state index is 12.5. The van der Waals surface area contributed by atoms with Gasteiger partial charge in [0.15, 0.2) is 6.16 Å². The maximum Gasteiger partial charge on any atom is 0.348 e. The third-order valence-corrected chi connectivity index (χ3v) is 11.4. The molecule has 0 amide bonds. The largest absolute Gasteiger partial charge is 1.00 e. The molecular weight excluding hydrogens is 479 g/mol. The van der Waals surface area contributed by atoms with E-state index in [1.54, 1.807) is 0 Å². The quantitative estimate of drug-likeness (QED) is 0.0590. The molecule has 192 valence electrons. The zero-order valence-corrected chi connectivity index (χ0v) is 24.5. The molecule has 0 aliphatic heterocycles. The second-order valence-corrected chi connectivity index (χ2v) is 14.0. The number of unbranched alkanes of at least 4 members (excludes halogenated alkanes) is 15. The van der Waals surface area contributed by atoms with Crippen molar-refractivity contribution in [3.05, 3.63) is 12.8 Å². The number of halogens is 1. The van der Waals surface area contributed by atoms with Gasteiger partial charge in [-0.15, -0.1) is 0 Å². The first-order valence-electron chi connectivity index (χ1n) is 13.8. The van der Waals surface area contributed by atoms with Crippen LogP contribution in [0, 0.1) is 0 Å². The van der Waals surface area contributed by atoms with Crippen molar-refractivity contribution in [2.45, 2.75) is 136 Å². The zero-order chi connectivity index (χ0) is 23.0. The fraction of sp³-hybridized carbons (Fsp3) is 0.893. The zero-order valence-electron chi connectivity index (χ0n) is 22.0. The number of hydrogen-bond acceptors (Lipinski definition) is 2. The van der Waals surface area contributed by atoms with Crippen LogP contribution in [0.2, 0.25) is 0 Å². The lowest BCUT2D eigenvalue weighted by Crippen LogP contribution is -3.00. The summed E-state index contributed by atoms with van der Waals surface area (Å²) in [4.78, 5) is 12.5. The van der Waals surface area contributed by atoms with Crippen LogP contribution in [-0.4, -0.2) is 30.6 Å². The van der Waals surface area contributed by atoms with Crippen molar-refractivity contribution in [1.82, 2.24) is 0 Å². The molecule has 0 bridgehead atoms. The monoisotopic (exact) mass is 534 g/mol. The Labute approximate surface area is 213 Å². The topological polar surface area (TPSA) is 26.3 Å². The molecular formula is C28H56BrO2P. The lowest BCUT2D eigenvalue weighted by atomic mass is 10.1. The minimum Gasteiger partial charge on any atom is -1.00 e. The van der Waals surface area contributed by atoms with Gasteiger partial charge in [-0.25, -0.2) is 4.79 Å². The van der Waals surface area contributed by atoms with Gasteiger partial charge in [0.05, 0.1) is 24.7 Å². The predicted molar refractivity (Wildman–Crippen MR) is 143 cm³/mol. The van der Waals surface area contributed by atoms with Gasteiger partial charge in [-0.3, -0.25) is 0 Å². The van der Waals surface area contributed by atoms with Crippen LogP contribution in [0.4, 0.5) is 0 Å². The summed E-state index contributed by atoms with van der Waals surface area (Å²) >= 11 is 0. The molecule has 0 aromatic rings. The SMILES string of the molecule is C=COC(=O)C[P+](CCCCCCCC)(CCCCCCCC)CCCCCCCC.[Br-]. The number of hydrogen-bond donors (Lipinski definition) is 0. The van der Waals surface area contributed by atoms with Gasteiger partial charge in [-0.1, -0.05) is 104 Å². The number of esters is 1. The summed E-state index contributed by atoms with van der Waals surface area (Å²) in [5.41, 5.74) is 0. The molecule has 0 saturated heterocycles. The van der Waals surface area contributed by atoms with Gasteiger partial charge in [0, 0.05) is 7.26 Å². The predicted octanol–water partition coefficient (Wildman–Crippen LogP) is 6.78. The number of rotatable bonds is 24. The summed E-state index contributed by atoms with van der Waals surface area (Å²) < 4.78 is 5.23. The minimum atomic E-state index is -1.27. The Hall–Kier alpha value is 0.120. The van der Waals surface area contributed by atoms with Crippen LogP contribution in [0.3, 0.4) is 0 Å². The van der Waals surface area contributed by atoms with E-state index in [2.05, 4.69) is 27.4 Å². The molecule has 2 nitrogen and oxygen atoms in total. The van der Waals surface area contributed by atoms with Crippen molar-refractivity contribution < 1.29 is 26.5 Å². The van der Waals surface area contributed by atoms with Gasteiger partial charge in [0.1, 0.15) is 0 Å². The van der Waals surface area contributed by atoms with Crippen LogP contribution >= 0.6 is 7.26 Å². The van der Waals surface area contributed by atoms with Crippen molar-refractivity contribution in [2.75, 3.05) is 24.6 Å². The molecule has 0 saturated carbocycles. The van der Waals surface area contributed by atoms with Gasteiger partial charge in [0.25, 0.3) is 0 Å². The van der Waals surface area contributed by atoms with E-state index in [9.17, 15) is 4.79 Å². The standard InChI is InChI=1S/C28H56O2P.BrH/c1-5-9-12-15-18-21-24-31(27-28(29)30-8-4,25-22-19-16-13-10-6-2)26-23-20-17-14-11-7-3;/h8H,4-7,9-27H2,1-3H3;1H/q+1;/p-1. The van der Waals surface area contributed by atoms with Crippen molar-refractivity contribution in [3.8, 4) is 0 Å². The molecule has 0 radical (unpaired) electrons. The minimum absolute atomic E-state index is 0. The van der Waals surface area contributed by atoms with Crippen LogP contribution in [0.15, 0.2) is 12.8 Å². The molecule has 0 fully saturated rings. The first-order valence-corrected chi connectivity index (χ1v) is 16.3. The molecule has 4 heteroatoms. The smallest absolute Gasteiger partial charge is 0.348 e. The Kier molecular flexibility index (Phi) is 27.6. The molecule has 0 aliphatic rings. The highest BCUT2D eigenvalue weighted by Gasteiger charge is 2.38. The highest BCUT2D eigenvalue weighted by Crippen LogP contribution is 2.61. The van der Waals surface area contributed by atoms with Gasteiger partial charge >= 0.3 is 5.97 Å². The first kappa shape index (κ1) is 34.3. The number of ether oxygens (including phenoxy) is 1. The van der Waals surface area contributed by atoms with Crippen LogP contribution in [0.25, 0.3) is 0 Å². The third-order valence-electron chi connectivity index (χ3n) is 6.64. The van der Waals surface area contributed by atoms with Gasteiger partial charge in [-0.2, -0.15) is 0 Å². The van der Waals surface area contributed by atoms with Gasteiger partial charge in [0.2, 0.25) is 0 Å². The summed E-state index contributed by atoms with van der Waals surface area (Å²) in [7, 11) is -1.27. The highest BCUT2D eigenvalue weighted by molar-refractivity contribution is 7.76. The van der Waals surface area contributed by atoms with E-state index in [4.69, 9.17) is 4.74 Å². The van der Waals surface area contributed by atoms with Crippen molar-refractivity contribution in [2.24, 2.45) is 0 Å². The summed E-state index contributed by atoms with van der Waals surface area (Å²) in [6, 6.07) is 0. The molecule has 0 unspecified atom stereocenters. The van der Waals surface area contributed by atoms with Crippen LogP contribution in [0.5, 0.6) is 0 Å². The van der Waals surface area contributed by atoms with Crippen LogP contribution in [0.1, 0.15) is 136 Å². The lowest BCUT2D eigenvalue weighted by Gasteiger charge is -2.27. The third kappa shape index (κ3) is 20.7. The number of carbonyl (C=O) groups is 1. The van der Waals surface area contributed by atoms with Crippen LogP contribution < -0.4 is 17.0 Å². The summed E-state index contributed by atoms with van der Waals surface area (Å²) in [6.07, 6.45) is 30.1. The Morgan fingerprint density at radius 1 is 0.625 bits per heavy atom. The summed E-state index contributed by atoms with van der Waals surface area (Å²) in [5, 5.41) is 0. The van der Waals surface area contributed by atoms with Crippen molar-refractivity contribution in [3.63, 3.8) is 0 Å². The molecule has 0 spiro atoms. The Morgan fingerprint density at radius 2 is 0.938 bits per heavy atom. The molecule has 0 heterocycles. The first-order chi connectivity index (χ1) is 15.1. The Bertz CT molecular complexity index is 373. The van der Waals surface area contributed by atoms with Crippen LogP contribution in [-0.2, 0) is 9.53 Å². The maximum absolute atomic E-state index is 12.5. The van der Waals surface area contributed by atoms with Crippen molar-refractivity contribution >= 4 is 13.2 Å². The van der Waals surface area contributed by atoms with E-state index in [0.29, 0.717) is 6.16 Å². The van der Waals surface area contributed by atoms with E-state index in [1.807, 2.05) is 0 Å². The van der Waals surface area contributed by atoms with E-state index in [-0.39, 0.29) is 23.0 Å². The fourth-order valence-corrected chi connectivity index (χ4v) is 9.11. The normalized spacial score (nSPS) is 11.2. The van der Waals surface area contributed by atoms with Gasteiger partial charge < -0.3 is 21.7 Å². The highest BCUT2D eigenvalue weighted by atomic mass is 79.9. The molecule has 0 aromatic heterocycles. The average Bonchev–Trinajstić information content (AvgIpc) is 2.75. The van der Waals surface area contributed by atoms with E-state index in [0.717, 1.165) is 0 Å². The molecule has 0 aromatic carbocycles. The van der Waals surface area contributed by atoms with E-state index >= 15 is 0 Å². The lowest BCUT2D eigenvalue weighted by molar-refractivity contribution is -0.135. The van der Waals surface area contributed by atoms with Crippen molar-refractivity contribution in [1.29, 1.82) is 0 Å². The molecule has 0 rings (SSSR count). The summed E-state index contributed by atoms with van der Waals surface area (Å²) in [5.74, 6) is -0.0220. The second kappa shape index (κ2) is 25.7. The molecule has 32 heavy (non-hydrogen) atoms. The fourth-order valence-electron chi connectivity index (χ4n) is 4.66. The summed E-state index contributed by atoms with van der Waals surface area (Å²) in [6.45, 7) is 10.5.